The minimum absolute atomic E-state index is 0.0463. The van der Waals surface area contributed by atoms with E-state index in [2.05, 4.69) is 28.4 Å². The molecule has 4 nitrogen and oxygen atoms in total. The first-order valence-electron chi connectivity index (χ1n) is 7.20. The van der Waals surface area contributed by atoms with Crippen LogP contribution in [-0.4, -0.2) is 24.4 Å². The van der Waals surface area contributed by atoms with Gasteiger partial charge in [-0.2, -0.15) is 5.26 Å². The Kier molecular flexibility index (Phi) is 5.70. The Hall–Kier alpha value is -2.64. The Bertz CT molecular complexity index is 662. The number of hydrogen-bond donors (Lipinski definition) is 1. The Morgan fingerprint density at radius 1 is 1.18 bits per heavy atom. The molecule has 0 bridgehead atoms. The van der Waals surface area contributed by atoms with Gasteiger partial charge in [0.2, 0.25) is 5.91 Å². The number of benzene rings is 2. The highest BCUT2D eigenvalue weighted by atomic mass is 16.1. The molecule has 1 amide bonds. The molecule has 112 valence electrons. The second-order valence-electron chi connectivity index (χ2n) is 5.21. The van der Waals surface area contributed by atoms with Gasteiger partial charge in [0.25, 0.3) is 0 Å². The first-order valence-corrected chi connectivity index (χ1v) is 7.20. The van der Waals surface area contributed by atoms with Gasteiger partial charge in [0, 0.05) is 25.2 Å². The van der Waals surface area contributed by atoms with E-state index >= 15 is 0 Å². The van der Waals surface area contributed by atoms with Crippen LogP contribution in [0.1, 0.15) is 17.5 Å². The molecule has 0 radical (unpaired) electrons. The van der Waals surface area contributed by atoms with Gasteiger partial charge in [0.1, 0.15) is 0 Å². The van der Waals surface area contributed by atoms with E-state index in [1.165, 1.54) is 5.56 Å². The van der Waals surface area contributed by atoms with Gasteiger partial charge in [-0.25, -0.2) is 0 Å². The average molecular weight is 293 g/mol. The lowest BCUT2D eigenvalue weighted by molar-refractivity contribution is -0.116. The molecule has 22 heavy (non-hydrogen) atoms. The number of nitriles is 1. The summed E-state index contributed by atoms with van der Waals surface area (Å²) >= 11 is 0. The van der Waals surface area contributed by atoms with Crippen LogP contribution < -0.4 is 5.32 Å². The fraction of sp³-hybridized carbons (Fsp3) is 0.222. The Morgan fingerprint density at radius 2 is 1.95 bits per heavy atom. The van der Waals surface area contributed by atoms with Crippen LogP contribution in [0.15, 0.2) is 54.6 Å². The van der Waals surface area contributed by atoms with Crippen LogP contribution in [0.4, 0.5) is 5.69 Å². The lowest BCUT2D eigenvalue weighted by Gasteiger charge is -2.16. The Balaban J connectivity index is 1.78. The smallest absolute Gasteiger partial charge is 0.225 e. The fourth-order valence-electron chi connectivity index (χ4n) is 2.16. The number of amides is 1. The van der Waals surface area contributed by atoms with E-state index in [1.54, 1.807) is 24.3 Å². The second kappa shape index (κ2) is 7.96. The van der Waals surface area contributed by atoms with Crippen molar-refractivity contribution in [3.05, 3.63) is 65.7 Å². The number of rotatable bonds is 6. The number of nitrogens with zero attached hydrogens (tertiary/aromatic N) is 2. The molecule has 2 rings (SSSR count). The summed E-state index contributed by atoms with van der Waals surface area (Å²) in [6.07, 6.45) is 0.417. The molecule has 2 aromatic rings. The van der Waals surface area contributed by atoms with Crippen molar-refractivity contribution >= 4 is 11.6 Å². The maximum absolute atomic E-state index is 11.9. The lowest BCUT2D eigenvalue weighted by Crippen LogP contribution is -2.24. The van der Waals surface area contributed by atoms with Crippen LogP contribution in [-0.2, 0) is 11.3 Å². The van der Waals surface area contributed by atoms with Crippen LogP contribution >= 0.6 is 0 Å². The van der Waals surface area contributed by atoms with Gasteiger partial charge in [-0.3, -0.25) is 4.79 Å². The molecule has 0 aliphatic rings. The van der Waals surface area contributed by atoms with E-state index in [0.717, 1.165) is 6.54 Å². The lowest BCUT2D eigenvalue weighted by atomic mass is 10.2. The molecule has 0 aromatic heterocycles. The van der Waals surface area contributed by atoms with Crippen molar-refractivity contribution in [2.24, 2.45) is 0 Å². The largest absolute Gasteiger partial charge is 0.326 e. The zero-order valence-corrected chi connectivity index (χ0v) is 12.6. The molecule has 0 saturated carbocycles. The highest BCUT2D eigenvalue weighted by Gasteiger charge is 2.06. The zero-order valence-electron chi connectivity index (χ0n) is 12.6. The standard InChI is InChI=1S/C18H19N3O/c1-21(14-15-6-3-2-4-7-15)11-10-18(22)20-17-9-5-8-16(12-17)13-19/h2-9,12H,10-11,14H2,1H3,(H,20,22). The van der Waals surface area contributed by atoms with Gasteiger partial charge in [-0.15, -0.1) is 0 Å². The van der Waals surface area contributed by atoms with Crippen LogP contribution in [0.2, 0.25) is 0 Å². The molecule has 0 aliphatic heterocycles. The van der Waals surface area contributed by atoms with Crippen molar-refractivity contribution < 1.29 is 4.79 Å². The predicted octanol–water partition coefficient (Wildman–Crippen LogP) is 3.02. The van der Waals surface area contributed by atoms with Crippen LogP contribution in [0.25, 0.3) is 0 Å². The number of nitrogens with one attached hydrogen (secondary N) is 1. The average Bonchev–Trinajstić information content (AvgIpc) is 2.54. The molecule has 1 N–H and O–H groups in total. The van der Waals surface area contributed by atoms with Crippen molar-refractivity contribution in [2.75, 3.05) is 18.9 Å². The summed E-state index contributed by atoms with van der Waals surface area (Å²) < 4.78 is 0. The van der Waals surface area contributed by atoms with Crippen molar-refractivity contribution in [3.8, 4) is 6.07 Å². The molecule has 2 aromatic carbocycles. The molecule has 0 heterocycles. The topological polar surface area (TPSA) is 56.1 Å². The van der Waals surface area contributed by atoms with E-state index in [9.17, 15) is 4.79 Å². The fourth-order valence-corrected chi connectivity index (χ4v) is 2.16. The third kappa shape index (κ3) is 5.04. The van der Waals surface area contributed by atoms with Gasteiger partial charge in [-0.05, 0) is 30.8 Å². The second-order valence-corrected chi connectivity index (χ2v) is 5.21. The number of carbonyl (C=O) groups is 1. The van der Waals surface area contributed by atoms with Crippen molar-refractivity contribution in [1.29, 1.82) is 5.26 Å². The van der Waals surface area contributed by atoms with Gasteiger partial charge in [-0.1, -0.05) is 36.4 Å². The third-order valence-electron chi connectivity index (χ3n) is 3.29. The van der Waals surface area contributed by atoms with Crippen molar-refractivity contribution in [1.82, 2.24) is 4.90 Å². The first-order chi connectivity index (χ1) is 10.7. The first kappa shape index (κ1) is 15.7. The molecule has 4 heteroatoms. The highest BCUT2D eigenvalue weighted by molar-refractivity contribution is 5.90. The van der Waals surface area contributed by atoms with E-state index < -0.39 is 0 Å². The van der Waals surface area contributed by atoms with E-state index in [0.29, 0.717) is 24.2 Å². The maximum atomic E-state index is 11.9. The summed E-state index contributed by atoms with van der Waals surface area (Å²) in [7, 11) is 2.00. The molecule has 0 unspecified atom stereocenters. The number of carbonyl (C=O) groups excluding carboxylic acids is 1. The van der Waals surface area contributed by atoms with Crippen LogP contribution in [0.3, 0.4) is 0 Å². The summed E-state index contributed by atoms with van der Waals surface area (Å²) in [5.74, 6) is -0.0463. The van der Waals surface area contributed by atoms with Crippen molar-refractivity contribution in [2.45, 2.75) is 13.0 Å². The van der Waals surface area contributed by atoms with Gasteiger partial charge < -0.3 is 10.2 Å². The highest BCUT2D eigenvalue weighted by Crippen LogP contribution is 2.10. The Labute approximate surface area is 131 Å². The quantitative estimate of drug-likeness (QED) is 0.890. The van der Waals surface area contributed by atoms with E-state index in [1.807, 2.05) is 25.2 Å². The molecule has 0 aliphatic carbocycles. The molecule has 0 fully saturated rings. The Morgan fingerprint density at radius 3 is 2.68 bits per heavy atom. The SMILES string of the molecule is CN(CCC(=O)Nc1cccc(C#N)c1)Cc1ccccc1. The molecule has 0 saturated heterocycles. The summed E-state index contributed by atoms with van der Waals surface area (Å²) in [6, 6.07) is 19.1. The third-order valence-corrected chi connectivity index (χ3v) is 3.29. The predicted molar refractivity (Wildman–Crippen MR) is 87.2 cm³/mol. The van der Waals surface area contributed by atoms with Crippen LogP contribution in [0.5, 0.6) is 0 Å². The normalized spacial score (nSPS) is 10.2. The number of anilines is 1. The van der Waals surface area contributed by atoms with E-state index in [-0.39, 0.29) is 5.91 Å². The van der Waals surface area contributed by atoms with Gasteiger partial charge >= 0.3 is 0 Å². The minimum Gasteiger partial charge on any atom is -0.326 e. The summed E-state index contributed by atoms with van der Waals surface area (Å²) in [4.78, 5) is 14.1. The molecular weight excluding hydrogens is 274 g/mol. The molecule has 0 spiro atoms. The van der Waals surface area contributed by atoms with Gasteiger partial charge in [0.05, 0.1) is 11.6 Å². The molecular formula is C18H19N3O. The maximum Gasteiger partial charge on any atom is 0.225 e. The summed E-state index contributed by atoms with van der Waals surface area (Å²) in [6.45, 7) is 1.50. The van der Waals surface area contributed by atoms with Gasteiger partial charge in [0.15, 0.2) is 0 Å². The zero-order chi connectivity index (χ0) is 15.8. The molecule has 0 atom stereocenters. The monoisotopic (exact) mass is 293 g/mol. The van der Waals surface area contributed by atoms with Crippen LogP contribution in [0, 0.1) is 11.3 Å². The number of hydrogen-bond acceptors (Lipinski definition) is 3. The van der Waals surface area contributed by atoms with E-state index in [4.69, 9.17) is 5.26 Å². The summed E-state index contributed by atoms with van der Waals surface area (Å²) in [5, 5.41) is 11.7. The minimum atomic E-state index is -0.0463. The van der Waals surface area contributed by atoms with Crippen molar-refractivity contribution in [3.63, 3.8) is 0 Å². The summed E-state index contributed by atoms with van der Waals surface area (Å²) in [5.41, 5.74) is 2.43.